The first-order valence-electron chi connectivity index (χ1n) is 21.0. The lowest BCUT2D eigenvalue weighted by Crippen LogP contribution is -2.58. The van der Waals surface area contributed by atoms with E-state index in [-0.39, 0.29) is 70.0 Å². The summed E-state index contributed by atoms with van der Waals surface area (Å²) in [7, 11) is -4.33. The van der Waals surface area contributed by atoms with Gasteiger partial charge >= 0.3 is 16.9 Å². The van der Waals surface area contributed by atoms with E-state index < -0.39 is 38.9 Å². The zero-order valence-corrected chi connectivity index (χ0v) is 34.8. The van der Waals surface area contributed by atoms with E-state index in [1.807, 2.05) is 30.3 Å². The normalized spacial score (nSPS) is 32.1. The molecule has 4 saturated carbocycles. The molecule has 13 nitrogen and oxygen atoms in total. The van der Waals surface area contributed by atoms with Gasteiger partial charge in [0, 0.05) is 12.8 Å². The first kappa shape index (κ1) is 42.1. The van der Waals surface area contributed by atoms with Gasteiger partial charge in [-0.05, 0) is 134 Å². The Morgan fingerprint density at radius 3 is 2.36 bits per heavy atom. The molecule has 0 radical (unpaired) electrons. The lowest BCUT2D eigenvalue weighted by molar-refractivity contribution is -0.832. The van der Waals surface area contributed by atoms with Crippen molar-refractivity contribution >= 4 is 21.7 Å². The third-order valence-corrected chi connectivity index (χ3v) is 16.5. The fourth-order valence-electron chi connectivity index (χ4n) is 11.8. The van der Waals surface area contributed by atoms with Gasteiger partial charge in [0.2, 0.25) is 5.91 Å². The number of nitrogens with one attached hydrogen (secondary N) is 1. The second kappa shape index (κ2) is 16.9. The predicted molar refractivity (Wildman–Crippen MR) is 211 cm³/mol. The lowest BCUT2D eigenvalue weighted by atomic mass is 9.43. The highest BCUT2D eigenvalue weighted by Gasteiger charge is 2.62. The number of ether oxygens (including phenoxy) is 2. The molecule has 2 unspecified atom stereocenters. The van der Waals surface area contributed by atoms with E-state index in [0.29, 0.717) is 30.1 Å². The van der Waals surface area contributed by atoms with Gasteiger partial charge in [0.15, 0.2) is 0 Å². The van der Waals surface area contributed by atoms with Crippen molar-refractivity contribution in [3.63, 3.8) is 0 Å². The highest BCUT2D eigenvalue weighted by atomic mass is 32.2. The number of hydrogen-bond donors (Lipinski definition) is 3. The molecule has 1 heterocycles. The van der Waals surface area contributed by atoms with Crippen molar-refractivity contribution < 1.29 is 47.2 Å². The number of hydrogen-bond acceptors (Lipinski definition) is 11. The van der Waals surface area contributed by atoms with Gasteiger partial charge in [0.05, 0.1) is 22.3 Å². The molecule has 3 aromatic rings. The third-order valence-electron chi connectivity index (χ3n) is 14.8. The number of benzene rings is 2. The summed E-state index contributed by atoms with van der Waals surface area (Å²) in [5.74, 6) is 0.745. The Balaban J connectivity index is 0.958. The maximum atomic E-state index is 13.6. The van der Waals surface area contributed by atoms with Crippen molar-refractivity contribution in [2.45, 2.75) is 133 Å². The molecule has 0 bridgehead atoms. The van der Waals surface area contributed by atoms with E-state index in [1.165, 1.54) is 24.3 Å². The number of nitrogens with zero attached hydrogens (tertiary/aromatic N) is 2. The minimum absolute atomic E-state index is 0.0830. The van der Waals surface area contributed by atoms with Gasteiger partial charge in [0.25, 0.3) is 9.84 Å². The van der Waals surface area contributed by atoms with Crippen LogP contribution in [0.5, 0.6) is 5.88 Å². The average Bonchev–Trinajstić information content (AvgIpc) is 3.76. The standard InChI is InChI=1S/C44H59N3O10S/c1-27(33-16-17-34-39-35(20-22-44(33,34)4)43(3)21-19-31(48)24-30(43)25-37(39)49)15-18-38(50)45-36(23-29-11-7-5-8-12-29)42(51)56-28(2)26-55-40-41(47(52)57-46-40)58(53,54)32-13-9-6-10-14-32/h5-14,27-28,30-31,33-37,39,48-49H,15-26H2,1-4H3,(H,45,50)/t27-,28?,30+,31-,33-,34+,35+,36+,37+,39?,43+,44-/m1/s1. The van der Waals surface area contributed by atoms with Crippen LogP contribution in [0.2, 0.25) is 0 Å². The van der Waals surface area contributed by atoms with Crippen LogP contribution in [0, 0.1) is 51.5 Å². The number of carbonyl (C=O) groups is 2. The van der Waals surface area contributed by atoms with E-state index >= 15 is 0 Å². The van der Waals surface area contributed by atoms with Gasteiger partial charge in [-0.1, -0.05) is 69.3 Å². The quantitative estimate of drug-likeness (QED) is 0.136. The average molecular weight is 822 g/mol. The number of aliphatic hydroxyl groups excluding tert-OH is 2. The molecule has 316 valence electrons. The fourth-order valence-corrected chi connectivity index (χ4v) is 13.1. The Labute approximate surface area is 341 Å². The molecule has 14 heteroatoms. The minimum atomic E-state index is -4.33. The molecular formula is C44H59N3O10S. The number of carbonyl (C=O) groups excluding carboxylic acids is 2. The summed E-state index contributed by atoms with van der Waals surface area (Å²) in [6.45, 7) is 8.30. The molecule has 12 atom stereocenters. The van der Waals surface area contributed by atoms with Crippen LogP contribution >= 0.6 is 0 Å². The second-order valence-electron chi connectivity index (χ2n) is 18.2. The monoisotopic (exact) mass is 821 g/mol. The Morgan fingerprint density at radius 2 is 1.64 bits per heavy atom. The number of amides is 1. The first-order valence-corrected chi connectivity index (χ1v) is 22.5. The van der Waals surface area contributed by atoms with E-state index in [2.05, 4.69) is 35.9 Å². The van der Waals surface area contributed by atoms with Gasteiger partial charge in [-0.15, -0.1) is 0 Å². The molecular weight excluding hydrogens is 763 g/mol. The van der Waals surface area contributed by atoms with Crippen molar-refractivity contribution in [3.05, 3.63) is 71.4 Å². The Morgan fingerprint density at radius 1 is 0.966 bits per heavy atom. The molecule has 58 heavy (non-hydrogen) atoms. The molecule has 0 spiro atoms. The van der Waals surface area contributed by atoms with Crippen LogP contribution < -0.4 is 15.0 Å². The smallest absolute Gasteiger partial charge is 0.415 e. The first-order chi connectivity index (χ1) is 27.6. The lowest BCUT2D eigenvalue weighted by Gasteiger charge is -2.62. The summed E-state index contributed by atoms with van der Waals surface area (Å²) in [4.78, 5) is 26.8. The number of aliphatic hydroxyl groups is 2. The van der Waals surface area contributed by atoms with Crippen molar-refractivity contribution in [1.29, 1.82) is 0 Å². The van der Waals surface area contributed by atoms with Gasteiger partial charge in [-0.25, -0.2) is 13.2 Å². The second-order valence-corrected chi connectivity index (χ2v) is 20.1. The molecule has 4 aliphatic carbocycles. The van der Waals surface area contributed by atoms with Crippen LogP contribution in [0.3, 0.4) is 0 Å². The largest absolute Gasteiger partial charge is 0.458 e. The Bertz CT molecular complexity index is 2010. The fraction of sp³-hybridized carbons (Fsp3) is 0.636. The highest BCUT2D eigenvalue weighted by molar-refractivity contribution is 7.91. The van der Waals surface area contributed by atoms with Gasteiger partial charge in [-0.3, -0.25) is 9.42 Å². The van der Waals surface area contributed by atoms with Crippen LogP contribution in [-0.2, 0) is 30.6 Å². The van der Waals surface area contributed by atoms with E-state index in [9.17, 15) is 33.4 Å². The third kappa shape index (κ3) is 8.25. The number of aromatic nitrogens is 2. The molecule has 1 amide bonds. The SMILES string of the molecule is CC(COc1no[n+]([O-])c1S(=O)(=O)c1ccccc1)OC(=O)[C@H](Cc1ccccc1)NC(=O)CC[C@@H](C)[C@H]1CC[C@H]2C3[C@@H](O)C[C@@H]4C[C@H](O)CC[C@]4(C)[C@H]3CC[C@]12C. The summed E-state index contributed by atoms with van der Waals surface area (Å²) in [6.07, 6.45) is 7.43. The van der Waals surface area contributed by atoms with E-state index in [4.69, 9.17) is 9.47 Å². The zero-order chi connectivity index (χ0) is 41.4. The highest BCUT2D eigenvalue weighted by Crippen LogP contribution is 2.68. The number of esters is 1. The summed E-state index contributed by atoms with van der Waals surface area (Å²) in [5.41, 5.74) is 1.08. The molecule has 0 aliphatic heterocycles. The Hall–Kier alpha value is -4.01. The maximum Gasteiger partial charge on any atom is 0.415 e. The number of fused-ring (bicyclic) bond motifs is 5. The van der Waals surface area contributed by atoms with Gasteiger partial charge in [-0.2, -0.15) is 0 Å². The topological polar surface area (TPSA) is 192 Å². The van der Waals surface area contributed by atoms with Gasteiger partial charge < -0.3 is 30.2 Å². The zero-order valence-electron chi connectivity index (χ0n) is 34.0. The van der Waals surface area contributed by atoms with Crippen LogP contribution in [0.1, 0.15) is 97.5 Å². The molecule has 4 aliphatic rings. The molecule has 4 fully saturated rings. The molecule has 3 N–H and O–H groups in total. The number of sulfone groups is 1. The van der Waals surface area contributed by atoms with Crippen LogP contribution in [0.15, 0.2) is 75.2 Å². The molecule has 1 aromatic heterocycles. The van der Waals surface area contributed by atoms with E-state index in [1.54, 1.807) is 13.0 Å². The number of rotatable bonds is 14. The van der Waals surface area contributed by atoms with Crippen LogP contribution in [0.25, 0.3) is 0 Å². The van der Waals surface area contributed by atoms with Crippen LogP contribution in [-0.4, -0.2) is 66.6 Å². The predicted octanol–water partition coefficient (Wildman–Crippen LogP) is 5.59. The van der Waals surface area contributed by atoms with Crippen molar-refractivity contribution in [3.8, 4) is 5.88 Å². The van der Waals surface area contributed by atoms with Crippen molar-refractivity contribution in [2.24, 2.45) is 46.3 Å². The van der Waals surface area contributed by atoms with Crippen molar-refractivity contribution in [1.82, 2.24) is 10.5 Å². The summed E-state index contributed by atoms with van der Waals surface area (Å²) in [5, 5.41) is 40.0. The van der Waals surface area contributed by atoms with Crippen molar-refractivity contribution in [2.75, 3.05) is 6.61 Å². The van der Waals surface area contributed by atoms with Crippen LogP contribution in [0.4, 0.5) is 0 Å². The maximum absolute atomic E-state index is 13.6. The molecule has 0 saturated heterocycles. The Kier molecular flexibility index (Phi) is 12.3. The summed E-state index contributed by atoms with van der Waals surface area (Å²) < 4.78 is 42.1. The molecule has 2 aromatic carbocycles. The summed E-state index contributed by atoms with van der Waals surface area (Å²) >= 11 is 0. The summed E-state index contributed by atoms with van der Waals surface area (Å²) in [6, 6.07) is 15.6. The van der Waals surface area contributed by atoms with E-state index in [0.717, 1.165) is 56.9 Å². The van der Waals surface area contributed by atoms with Gasteiger partial charge in [0.1, 0.15) is 18.8 Å². The molecule has 7 rings (SSSR count). The minimum Gasteiger partial charge on any atom is -0.458 e.